The first-order chi connectivity index (χ1) is 9.61. The fourth-order valence-corrected chi connectivity index (χ4v) is 2.65. The summed E-state index contributed by atoms with van der Waals surface area (Å²) in [7, 11) is 0. The number of nitrogens with zero attached hydrogens (tertiary/aromatic N) is 1. The summed E-state index contributed by atoms with van der Waals surface area (Å²) in [5, 5.41) is 13.6. The zero-order valence-corrected chi connectivity index (χ0v) is 11.9. The number of hydrogen-bond donors (Lipinski definition) is 2. The highest BCUT2D eigenvalue weighted by Crippen LogP contribution is 2.29. The summed E-state index contributed by atoms with van der Waals surface area (Å²) >= 11 is 1.60. The summed E-state index contributed by atoms with van der Waals surface area (Å²) < 4.78 is 0. The molecule has 1 atom stereocenters. The second-order valence-electron chi connectivity index (χ2n) is 4.80. The van der Waals surface area contributed by atoms with Crippen molar-refractivity contribution < 1.29 is 14.7 Å². The van der Waals surface area contributed by atoms with Gasteiger partial charge in [0.25, 0.3) is 0 Å². The van der Waals surface area contributed by atoms with E-state index in [1.165, 1.54) is 6.08 Å². The minimum absolute atomic E-state index is 0.221. The third-order valence-corrected chi connectivity index (χ3v) is 4.01. The van der Waals surface area contributed by atoms with Gasteiger partial charge in [0.2, 0.25) is 0 Å². The molecular weight excluding hydrogens is 276 g/mol. The van der Waals surface area contributed by atoms with Gasteiger partial charge in [0.1, 0.15) is 6.04 Å². The molecule has 1 unspecified atom stereocenters. The normalized spacial score (nSPS) is 15.4. The molecule has 2 rings (SSSR count). The van der Waals surface area contributed by atoms with Gasteiger partial charge in [-0.05, 0) is 30.7 Å². The number of nitrogens with one attached hydrogen (secondary N) is 1. The SMILES string of the molecule is C=CCC(NC(=O)N(Cc1cccs1)C1CC1)C(=O)O. The number of carbonyl (C=O) groups is 2. The van der Waals surface area contributed by atoms with Crippen molar-refractivity contribution in [1.82, 2.24) is 10.2 Å². The number of thiophene rings is 1. The Kier molecular flexibility index (Phi) is 4.79. The first-order valence-electron chi connectivity index (χ1n) is 6.55. The maximum absolute atomic E-state index is 12.3. The molecule has 1 heterocycles. The van der Waals surface area contributed by atoms with Crippen LogP contribution >= 0.6 is 11.3 Å². The average molecular weight is 294 g/mol. The third kappa shape index (κ3) is 3.84. The van der Waals surface area contributed by atoms with Gasteiger partial charge in [0.15, 0.2) is 0 Å². The van der Waals surface area contributed by atoms with Crippen molar-refractivity contribution in [3.8, 4) is 0 Å². The highest BCUT2D eigenvalue weighted by atomic mass is 32.1. The molecule has 0 saturated heterocycles. The Morgan fingerprint density at radius 3 is 2.85 bits per heavy atom. The lowest BCUT2D eigenvalue weighted by Crippen LogP contribution is -2.48. The van der Waals surface area contributed by atoms with Crippen molar-refractivity contribution in [2.45, 2.75) is 37.9 Å². The minimum Gasteiger partial charge on any atom is -0.480 e. The summed E-state index contributed by atoms with van der Waals surface area (Å²) in [5.74, 6) is -1.04. The van der Waals surface area contributed by atoms with Crippen LogP contribution in [0.4, 0.5) is 4.79 Å². The molecule has 20 heavy (non-hydrogen) atoms. The van der Waals surface area contributed by atoms with Crippen LogP contribution in [0, 0.1) is 0 Å². The summed E-state index contributed by atoms with van der Waals surface area (Å²) in [6.45, 7) is 4.05. The van der Waals surface area contributed by atoms with Gasteiger partial charge in [-0.3, -0.25) is 0 Å². The van der Waals surface area contributed by atoms with Gasteiger partial charge >= 0.3 is 12.0 Å². The Bertz CT molecular complexity index is 483. The summed E-state index contributed by atoms with van der Waals surface area (Å²) in [5.41, 5.74) is 0. The summed E-state index contributed by atoms with van der Waals surface area (Å²) in [6.07, 6.45) is 3.69. The molecule has 2 amide bonds. The van der Waals surface area contributed by atoms with Crippen molar-refractivity contribution in [3.63, 3.8) is 0 Å². The predicted octanol–water partition coefficient (Wildman–Crippen LogP) is 2.45. The van der Waals surface area contributed by atoms with Crippen molar-refractivity contribution in [2.24, 2.45) is 0 Å². The molecule has 0 aliphatic heterocycles. The lowest BCUT2D eigenvalue weighted by Gasteiger charge is -2.24. The zero-order valence-electron chi connectivity index (χ0n) is 11.1. The van der Waals surface area contributed by atoms with E-state index in [1.54, 1.807) is 16.2 Å². The first-order valence-corrected chi connectivity index (χ1v) is 7.43. The molecule has 1 fully saturated rings. The standard InChI is InChI=1S/C14H18N2O3S/c1-2-4-12(13(17)18)15-14(19)16(10-6-7-10)9-11-5-3-8-20-11/h2-3,5,8,10,12H,1,4,6-7,9H2,(H,15,19)(H,17,18). The topological polar surface area (TPSA) is 69.6 Å². The average Bonchev–Trinajstić information content (AvgIpc) is 3.12. The Hall–Kier alpha value is -1.82. The number of carboxylic acid groups (broad SMARTS) is 1. The molecule has 0 bridgehead atoms. The molecule has 0 aromatic carbocycles. The van der Waals surface area contributed by atoms with Gasteiger partial charge in [0.05, 0.1) is 6.54 Å². The van der Waals surface area contributed by atoms with Crippen LogP contribution in [0.2, 0.25) is 0 Å². The van der Waals surface area contributed by atoms with E-state index in [4.69, 9.17) is 5.11 Å². The molecule has 1 aromatic heterocycles. The van der Waals surface area contributed by atoms with Gasteiger partial charge in [-0.1, -0.05) is 12.1 Å². The third-order valence-electron chi connectivity index (χ3n) is 3.15. The van der Waals surface area contributed by atoms with Crippen LogP contribution in [0.5, 0.6) is 0 Å². The fraction of sp³-hybridized carbons (Fsp3) is 0.429. The highest BCUT2D eigenvalue weighted by Gasteiger charge is 2.34. The lowest BCUT2D eigenvalue weighted by atomic mass is 10.2. The van der Waals surface area contributed by atoms with Crippen LogP contribution < -0.4 is 5.32 Å². The number of urea groups is 1. The molecule has 1 saturated carbocycles. The molecule has 0 radical (unpaired) electrons. The number of carboxylic acids is 1. The molecule has 0 spiro atoms. The van der Waals surface area contributed by atoms with E-state index < -0.39 is 12.0 Å². The first kappa shape index (κ1) is 14.6. The van der Waals surface area contributed by atoms with E-state index in [2.05, 4.69) is 11.9 Å². The Morgan fingerprint density at radius 1 is 1.60 bits per heavy atom. The second kappa shape index (κ2) is 6.56. The maximum Gasteiger partial charge on any atom is 0.326 e. The summed E-state index contributed by atoms with van der Waals surface area (Å²) in [4.78, 5) is 26.2. The van der Waals surface area contributed by atoms with E-state index in [9.17, 15) is 9.59 Å². The van der Waals surface area contributed by atoms with Crippen LogP contribution in [0.1, 0.15) is 24.1 Å². The molecule has 5 nitrogen and oxygen atoms in total. The van der Waals surface area contributed by atoms with Crippen LogP contribution in [0.15, 0.2) is 30.2 Å². The molecule has 108 valence electrons. The van der Waals surface area contributed by atoms with Gasteiger partial charge in [-0.25, -0.2) is 9.59 Å². The Labute approximate surface area is 121 Å². The van der Waals surface area contributed by atoms with E-state index in [-0.39, 0.29) is 18.5 Å². The lowest BCUT2D eigenvalue weighted by molar-refractivity contribution is -0.139. The van der Waals surface area contributed by atoms with Gasteiger partial charge in [-0.2, -0.15) is 0 Å². The molecule has 1 aromatic rings. The van der Waals surface area contributed by atoms with Gasteiger partial charge in [-0.15, -0.1) is 17.9 Å². The van der Waals surface area contributed by atoms with Crippen LogP contribution in [-0.4, -0.2) is 34.1 Å². The van der Waals surface area contributed by atoms with E-state index in [0.717, 1.165) is 17.7 Å². The zero-order chi connectivity index (χ0) is 14.5. The largest absolute Gasteiger partial charge is 0.480 e. The van der Waals surface area contributed by atoms with Crippen LogP contribution in [0.25, 0.3) is 0 Å². The van der Waals surface area contributed by atoms with E-state index >= 15 is 0 Å². The monoisotopic (exact) mass is 294 g/mol. The Morgan fingerprint density at radius 2 is 2.35 bits per heavy atom. The fourth-order valence-electron chi connectivity index (χ4n) is 1.94. The van der Waals surface area contributed by atoms with Gasteiger partial charge < -0.3 is 15.3 Å². The van der Waals surface area contributed by atoms with Crippen molar-refractivity contribution in [2.75, 3.05) is 0 Å². The quantitative estimate of drug-likeness (QED) is 0.759. The molecule has 1 aliphatic carbocycles. The smallest absolute Gasteiger partial charge is 0.326 e. The number of carbonyl (C=O) groups excluding carboxylic acids is 1. The predicted molar refractivity (Wildman–Crippen MR) is 77.7 cm³/mol. The summed E-state index contributed by atoms with van der Waals surface area (Å²) in [6, 6.07) is 2.93. The molecule has 2 N–H and O–H groups in total. The van der Waals surface area contributed by atoms with Crippen molar-refractivity contribution in [1.29, 1.82) is 0 Å². The van der Waals surface area contributed by atoms with E-state index in [1.807, 2.05) is 17.5 Å². The number of amides is 2. The van der Waals surface area contributed by atoms with Gasteiger partial charge in [0, 0.05) is 10.9 Å². The highest BCUT2D eigenvalue weighted by molar-refractivity contribution is 7.09. The minimum atomic E-state index is -1.04. The molecule has 6 heteroatoms. The number of aliphatic carboxylic acids is 1. The number of rotatable bonds is 7. The number of hydrogen-bond acceptors (Lipinski definition) is 3. The second-order valence-corrected chi connectivity index (χ2v) is 5.84. The van der Waals surface area contributed by atoms with Crippen molar-refractivity contribution in [3.05, 3.63) is 35.0 Å². The maximum atomic E-state index is 12.3. The molecular formula is C14H18N2O3S. The van der Waals surface area contributed by atoms with Crippen LogP contribution in [-0.2, 0) is 11.3 Å². The van der Waals surface area contributed by atoms with Crippen LogP contribution in [0.3, 0.4) is 0 Å². The van der Waals surface area contributed by atoms with E-state index in [0.29, 0.717) is 6.54 Å². The Balaban J connectivity index is 1.99. The molecule has 1 aliphatic rings. The van der Waals surface area contributed by atoms with Crippen molar-refractivity contribution >= 4 is 23.3 Å².